The monoisotopic (exact) mass is 261 g/mol. The minimum atomic E-state index is -0.355. The summed E-state index contributed by atoms with van der Waals surface area (Å²) in [5, 5.41) is 2.40. The Hall–Kier alpha value is -1.81. The van der Waals surface area contributed by atoms with Crippen molar-refractivity contribution >= 4 is 22.3 Å². The predicted molar refractivity (Wildman–Crippen MR) is 74.9 cm³/mol. The minimum Gasteiger partial charge on any atom is -0.462 e. The summed E-state index contributed by atoms with van der Waals surface area (Å²) >= 11 is 1.36. The van der Waals surface area contributed by atoms with Gasteiger partial charge in [-0.3, -0.25) is 0 Å². The quantitative estimate of drug-likeness (QED) is 0.860. The van der Waals surface area contributed by atoms with E-state index in [2.05, 4.69) is 0 Å². The average Bonchev–Trinajstić information content (AvgIpc) is 2.72. The third-order valence-corrected chi connectivity index (χ3v) is 3.47. The van der Waals surface area contributed by atoms with E-state index in [1.165, 1.54) is 16.9 Å². The zero-order valence-electron chi connectivity index (χ0n) is 10.4. The van der Waals surface area contributed by atoms with Crippen LogP contribution in [0, 0.1) is 6.92 Å². The molecule has 0 spiro atoms. The maximum Gasteiger partial charge on any atom is 0.341 e. The summed E-state index contributed by atoms with van der Waals surface area (Å²) in [6, 6.07) is 8.00. The highest BCUT2D eigenvalue weighted by molar-refractivity contribution is 7.14. The van der Waals surface area contributed by atoms with Gasteiger partial charge in [-0.1, -0.05) is 29.8 Å². The van der Waals surface area contributed by atoms with Crippen molar-refractivity contribution in [3.05, 3.63) is 40.8 Å². The van der Waals surface area contributed by atoms with Gasteiger partial charge in [-0.25, -0.2) is 4.79 Å². The van der Waals surface area contributed by atoms with Crippen LogP contribution in [0.1, 0.15) is 22.8 Å². The van der Waals surface area contributed by atoms with Gasteiger partial charge in [0.2, 0.25) is 0 Å². The third-order valence-electron chi connectivity index (χ3n) is 2.66. The molecule has 4 heteroatoms. The number of esters is 1. The van der Waals surface area contributed by atoms with Crippen LogP contribution in [-0.2, 0) is 4.74 Å². The standard InChI is InChI=1S/C14H15NO2S/c1-3-17-14(16)12-11(8-18-13(12)15)10-6-4-9(2)5-7-10/h4-8H,3,15H2,1-2H3. The number of carbonyl (C=O) groups excluding carboxylic acids is 1. The topological polar surface area (TPSA) is 52.3 Å². The molecule has 0 unspecified atom stereocenters. The number of aryl methyl sites for hydroxylation is 1. The highest BCUT2D eigenvalue weighted by atomic mass is 32.1. The number of nitrogen functional groups attached to an aromatic ring is 1. The van der Waals surface area contributed by atoms with Crippen LogP contribution in [0.15, 0.2) is 29.6 Å². The van der Waals surface area contributed by atoms with Gasteiger partial charge in [-0.05, 0) is 19.4 Å². The van der Waals surface area contributed by atoms with Crippen molar-refractivity contribution in [3.63, 3.8) is 0 Å². The zero-order valence-corrected chi connectivity index (χ0v) is 11.2. The summed E-state index contributed by atoms with van der Waals surface area (Å²) < 4.78 is 5.04. The number of hydrogen-bond donors (Lipinski definition) is 1. The number of hydrogen-bond acceptors (Lipinski definition) is 4. The molecular weight excluding hydrogens is 246 g/mol. The number of ether oxygens (including phenoxy) is 1. The molecular formula is C14H15NO2S. The first-order valence-electron chi connectivity index (χ1n) is 5.74. The Balaban J connectivity index is 2.45. The van der Waals surface area contributed by atoms with Crippen LogP contribution in [0.25, 0.3) is 11.1 Å². The van der Waals surface area contributed by atoms with Gasteiger partial charge in [-0.2, -0.15) is 0 Å². The van der Waals surface area contributed by atoms with E-state index in [-0.39, 0.29) is 5.97 Å². The smallest absolute Gasteiger partial charge is 0.341 e. The van der Waals surface area contributed by atoms with Gasteiger partial charge in [0, 0.05) is 10.9 Å². The fraction of sp³-hybridized carbons (Fsp3) is 0.214. The normalized spacial score (nSPS) is 10.3. The van der Waals surface area contributed by atoms with Crippen LogP contribution in [-0.4, -0.2) is 12.6 Å². The summed E-state index contributed by atoms with van der Waals surface area (Å²) in [6.07, 6.45) is 0. The molecule has 3 nitrogen and oxygen atoms in total. The molecule has 0 aliphatic heterocycles. The number of nitrogens with two attached hydrogens (primary N) is 1. The van der Waals surface area contributed by atoms with E-state index in [0.29, 0.717) is 17.2 Å². The number of thiophene rings is 1. The van der Waals surface area contributed by atoms with E-state index >= 15 is 0 Å². The van der Waals surface area contributed by atoms with Crippen molar-refractivity contribution in [2.24, 2.45) is 0 Å². The highest BCUT2D eigenvalue weighted by Gasteiger charge is 2.19. The summed E-state index contributed by atoms with van der Waals surface area (Å²) in [5.74, 6) is -0.355. The van der Waals surface area contributed by atoms with Gasteiger partial charge in [-0.15, -0.1) is 11.3 Å². The van der Waals surface area contributed by atoms with Crippen molar-refractivity contribution in [2.75, 3.05) is 12.3 Å². The lowest BCUT2D eigenvalue weighted by Crippen LogP contribution is -2.07. The fourth-order valence-corrected chi connectivity index (χ4v) is 2.54. The third kappa shape index (κ3) is 2.38. The van der Waals surface area contributed by atoms with E-state index < -0.39 is 0 Å². The Labute approximate surface area is 110 Å². The molecule has 1 heterocycles. The lowest BCUT2D eigenvalue weighted by molar-refractivity contribution is 0.0529. The predicted octanol–water partition coefficient (Wildman–Crippen LogP) is 3.48. The first-order chi connectivity index (χ1) is 8.63. The van der Waals surface area contributed by atoms with Crippen molar-refractivity contribution < 1.29 is 9.53 Å². The Morgan fingerprint density at radius 1 is 1.33 bits per heavy atom. The van der Waals surface area contributed by atoms with E-state index in [4.69, 9.17) is 10.5 Å². The van der Waals surface area contributed by atoms with Gasteiger partial charge in [0.05, 0.1) is 6.61 Å². The zero-order chi connectivity index (χ0) is 13.1. The molecule has 0 aliphatic carbocycles. The lowest BCUT2D eigenvalue weighted by Gasteiger charge is -2.05. The maximum absolute atomic E-state index is 11.9. The van der Waals surface area contributed by atoms with Crippen LogP contribution in [0.3, 0.4) is 0 Å². The Bertz CT molecular complexity index is 558. The molecule has 0 atom stereocenters. The Kier molecular flexibility index (Phi) is 3.67. The van der Waals surface area contributed by atoms with Gasteiger partial charge in [0.25, 0.3) is 0 Å². The molecule has 18 heavy (non-hydrogen) atoms. The first-order valence-corrected chi connectivity index (χ1v) is 6.62. The number of rotatable bonds is 3. The van der Waals surface area contributed by atoms with Gasteiger partial charge >= 0.3 is 5.97 Å². The molecule has 0 fully saturated rings. The molecule has 0 saturated carbocycles. The fourth-order valence-electron chi connectivity index (χ4n) is 1.73. The second-order valence-corrected chi connectivity index (χ2v) is 4.89. The van der Waals surface area contributed by atoms with Gasteiger partial charge in [0.15, 0.2) is 0 Å². The van der Waals surface area contributed by atoms with Crippen LogP contribution < -0.4 is 5.73 Å². The van der Waals surface area contributed by atoms with Gasteiger partial charge < -0.3 is 10.5 Å². The molecule has 94 valence electrons. The Morgan fingerprint density at radius 2 is 2.00 bits per heavy atom. The molecule has 0 amide bonds. The maximum atomic E-state index is 11.9. The molecule has 2 N–H and O–H groups in total. The van der Waals surface area contributed by atoms with E-state index in [9.17, 15) is 4.79 Å². The Morgan fingerprint density at radius 3 is 2.61 bits per heavy atom. The second kappa shape index (κ2) is 5.23. The summed E-state index contributed by atoms with van der Waals surface area (Å²) in [7, 11) is 0. The van der Waals surface area contributed by atoms with Crippen molar-refractivity contribution in [1.29, 1.82) is 0 Å². The van der Waals surface area contributed by atoms with Crippen molar-refractivity contribution in [3.8, 4) is 11.1 Å². The first kappa shape index (κ1) is 12.6. The molecule has 0 saturated heterocycles. The van der Waals surface area contributed by atoms with Crippen LogP contribution in [0.2, 0.25) is 0 Å². The number of benzene rings is 1. The summed E-state index contributed by atoms with van der Waals surface area (Å²) in [4.78, 5) is 11.9. The van der Waals surface area contributed by atoms with Crippen LogP contribution in [0.4, 0.5) is 5.00 Å². The SMILES string of the molecule is CCOC(=O)c1c(-c2ccc(C)cc2)csc1N. The second-order valence-electron chi connectivity index (χ2n) is 3.98. The number of carbonyl (C=O) groups is 1. The largest absolute Gasteiger partial charge is 0.462 e. The van der Waals surface area contributed by atoms with Crippen molar-refractivity contribution in [2.45, 2.75) is 13.8 Å². The summed E-state index contributed by atoms with van der Waals surface area (Å²) in [5.41, 5.74) is 9.34. The minimum absolute atomic E-state index is 0.349. The van der Waals surface area contributed by atoms with Crippen molar-refractivity contribution in [1.82, 2.24) is 0 Å². The van der Waals surface area contributed by atoms with Gasteiger partial charge in [0.1, 0.15) is 10.6 Å². The molecule has 2 rings (SSSR count). The van der Waals surface area contributed by atoms with E-state index in [0.717, 1.165) is 11.1 Å². The molecule has 1 aromatic carbocycles. The average molecular weight is 261 g/mol. The van der Waals surface area contributed by atoms with E-state index in [1.54, 1.807) is 6.92 Å². The van der Waals surface area contributed by atoms with Crippen LogP contribution in [0.5, 0.6) is 0 Å². The van der Waals surface area contributed by atoms with Crippen LogP contribution >= 0.6 is 11.3 Å². The molecule has 0 bridgehead atoms. The molecule has 2 aromatic rings. The molecule has 0 aliphatic rings. The molecule has 0 radical (unpaired) electrons. The number of anilines is 1. The lowest BCUT2D eigenvalue weighted by atomic mass is 10.0. The highest BCUT2D eigenvalue weighted by Crippen LogP contribution is 2.34. The molecule has 1 aromatic heterocycles. The van der Waals surface area contributed by atoms with E-state index in [1.807, 2.05) is 36.6 Å². The summed E-state index contributed by atoms with van der Waals surface area (Å²) in [6.45, 7) is 4.16.